The van der Waals surface area contributed by atoms with Crippen molar-refractivity contribution >= 4 is 0 Å². The molecule has 2 rings (SSSR count). The Hall–Kier alpha value is -0.760. The van der Waals surface area contributed by atoms with Gasteiger partial charge in [0.1, 0.15) is 0 Å². The Bertz CT molecular complexity index is 346. The van der Waals surface area contributed by atoms with E-state index in [-0.39, 0.29) is 0 Å². The first-order valence-corrected chi connectivity index (χ1v) is 6.61. The second kappa shape index (κ2) is 5.05. The minimum Gasteiger partial charge on any atom is -0.346 e. The zero-order valence-electron chi connectivity index (χ0n) is 10.6. The predicted molar refractivity (Wildman–Crippen MR) is 68.8 cm³/mol. The van der Waals surface area contributed by atoms with E-state index in [1.165, 1.54) is 42.6 Å². The van der Waals surface area contributed by atoms with E-state index in [4.69, 9.17) is 5.73 Å². The summed E-state index contributed by atoms with van der Waals surface area (Å²) in [7, 11) is 0. The van der Waals surface area contributed by atoms with Crippen LogP contribution in [0.5, 0.6) is 0 Å². The van der Waals surface area contributed by atoms with E-state index in [1.54, 1.807) is 0 Å². The highest BCUT2D eigenvalue weighted by Gasteiger charge is 2.20. The standard InChI is InChI=1S/C14H24N2/c1-11-10-13(6-5-9-15)12(2)16(11)14-7-3-4-8-14/h10,14H,3-9,15H2,1-2H3. The summed E-state index contributed by atoms with van der Waals surface area (Å²) in [6.45, 7) is 5.32. The van der Waals surface area contributed by atoms with Crippen LogP contribution < -0.4 is 5.73 Å². The summed E-state index contributed by atoms with van der Waals surface area (Å²) in [4.78, 5) is 0. The highest BCUT2D eigenvalue weighted by molar-refractivity contribution is 5.27. The summed E-state index contributed by atoms with van der Waals surface area (Å²) in [6, 6.07) is 3.13. The van der Waals surface area contributed by atoms with Crippen LogP contribution >= 0.6 is 0 Å². The van der Waals surface area contributed by atoms with Gasteiger partial charge in [0.25, 0.3) is 0 Å². The fourth-order valence-corrected chi connectivity index (χ4v) is 3.12. The Morgan fingerprint density at radius 2 is 2.00 bits per heavy atom. The van der Waals surface area contributed by atoms with Gasteiger partial charge in [0.15, 0.2) is 0 Å². The van der Waals surface area contributed by atoms with Crippen LogP contribution in [0.3, 0.4) is 0 Å². The van der Waals surface area contributed by atoms with E-state index >= 15 is 0 Å². The van der Waals surface area contributed by atoms with Gasteiger partial charge in [-0.05, 0) is 57.7 Å². The lowest BCUT2D eigenvalue weighted by molar-refractivity contribution is 0.499. The molecule has 0 atom stereocenters. The van der Waals surface area contributed by atoms with Crippen LogP contribution in [0.25, 0.3) is 0 Å². The third kappa shape index (κ3) is 2.17. The second-order valence-electron chi connectivity index (χ2n) is 5.10. The van der Waals surface area contributed by atoms with E-state index in [9.17, 15) is 0 Å². The van der Waals surface area contributed by atoms with Crippen molar-refractivity contribution in [1.29, 1.82) is 0 Å². The molecule has 1 aromatic heterocycles. The van der Waals surface area contributed by atoms with Gasteiger partial charge in [-0.3, -0.25) is 0 Å². The third-order valence-electron chi connectivity index (χ3n) is 3.93. The Morgan fingerprint density at radius 3 is 2.62 bits per heavy atom. The number of aromatic nitrogens is 1. The van der Waals surface area contributed by atoms with Crippen LogP contribution in [-0.4, -0.2) is 11.1 Å². The predicted octanol–water partition coefficient (Wildman–Crippen LogP) is 3.11. The summed E-state index contributed by atoms with van der Waals surface area (Å²) in [5, 5.41) is 0. The number of rotatable bonds is 4. The Kier molecular flexibility index (Phi) is 3.70. The maximum absolute atomic E-state index is 5.59. The molecule has 1 saturated carbocycles. The number of hydrogen-bond acceptors (Lipinski definition) is 1. The third-order valence-corrected chi connectivity index (χ3v) is 3.93. The SMILES string of the molecule is Cc1cc(CCCN)c(C)n1C1CCCC1. The van der Waals surface area contributed by atoms with Gasteiger partial charge in [0.05, 0.1) is 0 Å². The molecule has 1 aliphatic carbocycles. The van der Waals surface area contributed by atoms with Gasteiger partial charge < -0.3 is 10.3 Å². The van der Waals surface area contributed by atoms with Crippen LogP contribution in [0, 0.1) is 13.8 Å². The molecule has 2 N–H and O–H groups in total. The summed E-state index contributed by atoms with van der Waals surface area (Å²) in [6.07, 6.45) is 7.79. The van der Waals surface area contributed by atoms with Crippen LogP contribution in [0.15, 0.2) is 6.07 Å². The fraction of sp³-hybridized carbons (Fsp3) is 0.714. The van der Waals surface area contributed by atoms with E-state index in [0.717, 1.165) is 25.4 Å². The quantitative estimate of drug-likeness (QED) is 0.830. The van der Waals surface area contributed by atoms with Gasteiger partial charge in [-0.25, -0.2) is 0 Å². The van der Waals surface area contributed by atoms with Crippen LogP contribution in [0.4, 0.5) is 0 Å². The molecule has 0 aliphatic heterocycles. The van der Waals surface area contributed by atoms with E-state index in [2.05, 4.69) is 24.5 Å². The van der Waals surface area contributed by atoms with Gasteiger partial charge in [-0.1, -0.05) is 12.8 Å². The summed E-state index contributed by atoms with van der Waals surface area (Å²) in [5.74, 6) is 0. The largest absolute Gasteiger partial charge is 0.346 e. The molecular formula is C14H24N2. The lowest BCUT2D eigenvalue weighted by atomic mass is 10.1. The molecule has 0 saturated heterocycles. The molecule has 1 heterocycles. The maximum Gasteiger partial charge on any atom is 0.0335 e. The molecule has 1 aliphatic rings. The van der Waals surface area contributed by atoms with Crippen molar-refractivity contribution in [3.63, 3.8) is 0 Å². The molecule has 0 aromatic carbocycles. The lowest BCUT2D eigenvalue weighted by Crippen LogP contribution is -2.09. The molecular weight excluding hydrogens is 196 g/mol. The van der Waals surface area contributed by atoms with E-state index in [0.29, 0.717) is 0 Å². The molecule has 0 bridgehead atoms. The van der Waals surface area contributed by atoms with Crippen molar-refractivity contribution in [3.05, 3.63) is 23.0 Å². The van der Waals surface area contributed by atoms with Gasteiger partial charge >= 0.3 is 0 Å². The van der Waals surface area contributed by atoms with Gasteiger partial charge in [-0.15, -0.1) is 0 Å². The zero-order valence-corrected chi connectivity index (χ0v) is 10.6. The first kappa shape index (κ1) is 11.7. The molecule has 2 heteroatoms. The summed E-state index contributed by atoms with van der Waals surface area (Å²) in [5.41, 5.74) is 10.0. The van der Waals surface area contributed by atoms with E-state index < -0.39 is 0 Å². The first-order valence-electron chi connectivity index (χ1n) is 6.61. The van der Waals surface area contributed by atoms with Crippen molar-refractivity contribution < 1.29 is 0 Å². The van der Waals surface area contributed by atoms with Crippen LogP contribution in [0.2, 0.25) is 0 Å². The molecule has 16 heavy (non-hydrogen) atoms. The van der Waals surface area contributed by atoms with Gasteiger partial charge in [-0.2, -0.15) is 0 Å². The minimum absolute atomic E-state index is 0.770. The second-order valence-corrected chi connectivity index (χ2v) is 5.10. The molecule has 2 nitrogen and oxygen atoms in total. The Balaban J connectivity index is 2.20. The molecule has 1 aromatic rings. The summed E-state index contributed by atoms with van der Waals surface area (Å²) >= 11 is 0. The van der Waals surface area contributed by atoms with Crippen molar-refractivity contribution in [2.75, 3.05) is 6.54 Å². The zero-order chi connectivity index (χ0) is 11.5. The Morgan fingerprint density at radius 1 is 1.31 bits per heavy atom. The topological polar surface area (TPSA) is 30.9 Å². The number of hydrogen-bond donors (Lipinski definition) is 1. The van der Waals surface area contributed by atoms with Crippen molar-refractivity contribution in [3.8, 4) is 0 Å². The fourth-order valence-electron chi connectivity index (χ4n) is 3.12. The minimum atomic E-state index is 0.770. The van der Waals surface area contributed by atoms with Crippen molar-refractivity contribution in [1.82, 2.24) is 4.57 Å². The normalized spacial score (nSPS) is 17.2. The maximum atomic E-state index is 5.59. The van der Waals surface area contributed by atoms with Crippen molar-refractivity contribution in [2.24, 2.45) is 5.73 Å². The molecule has 1 fully saturated rings. The number of nitrogens with zero attached hydrogens (tertiary/aromatic N) is 1. The van der Waals surface area contributed by atoms with Gasteiger partial charge in [0.2, 0.25) is 0 Å². The molecule has 0 unspecified atom stereocenters. The molecule has 0 spiro atoms. The molecule has 0 amide bonds. The molecule has 0 radical (unpaired) electrons. The highest BCUT2D eigenvalue weighted by Crippen LogP contribution is 2.33. The van der Waals surface area contributed by atoms with Crippen molar-refractivity contribution in [2.45, 2.75) is 58.4 Å². The monoisotopic (exact) mass is 220 g/mol. The first-order chi connectivity index (χ1) is 7.74. The van der Waals surface area contributed by atoms with E-state index in [1.807, 2.05) is 0 Å². The Labute approximate surface area is 98.8 Å². The smallest absolute Gasteiger partial charge is 0.0335 e. The van der Waals surface area contributed by atoms with Gasteiger partial charge in [0, 0.05) is 17.4 Å². The highest BCUT2D eigenvalue weighted by atomic mass is 15.0. The lowest BCUT2D eigenvalue weighted by Gasteiger charge is -2.17. The average molecular weight is 220 g/mol. The van der Waals surface area contributed by atoms with Crippen LogP contribution in [0.1, 0.15) is 55.1 Å². The molecule has 90 valence electrons. The summed E-state index contributed by atoms with van der Waals surface area (Å²) < 4.78 is 2.57. The average Bonchev–Trinajstić information content (AvgIpc) is 2.85. The number of aryl methyl sites for hydroxylation is 2. The number of nitrogens with two attached hydrogens (primary N) is 1. The van der Waals surface area contributed by atoms with Crippen LogP contribution in [-0.2, 0) is 6.42 Å².